The molecular formula is C22H26Cl2N2O2. The van der Waals surface area contributed by atoms with Gasteiger partial charge in [-0.05, 0) is 48.9 Å². The first-order valence-corrected chi connectivity index (χ1v) is 9.97. The predicted octanol–water partition coefficient (Wildman–Crippen LogP) is 5.09. The van der Waals surface area contributed by atoms with Crippen molar-refractivity contribution < 1.29 is 9.53 Å². The van der Waals surface area contributed by atoms with Gasteiger partial charge in [0.15, 0.2) is 0 Å². The Labute approximate surface area is 177 Å². The number of carbonyl (C=O) groups excluding carboxylic acids is 1. The van der Waals surface area contributed by atoms with Crippen molar-refractivity contribution in [2.24, 2.45) is 5.73 Å². The molecule has 1 saturated heterocycles. The zero-order valence-electron chi connectivity index (χ0n) is 15.7. The van der Waals surface area contributed by atoms with Crippen LogP contribution >= 0.6 is 24.0 Å². The Morgan fingerprint density at radius 3 is 2.46 bits per heavy atom. The number of hydrogen-bond donors (Lipinski definition) is 1. The molecule has 1 amide bonds. The highest BCUT2D eigenvalue weighted by Gasteiger charge is 2.44. The molecule has 0 bridgehead atoms. The molecule has 1 heterocycles. The van der Waals surface area contributed by atoms with Crippen LogP contribution in [0, 0.1) is 0 Å². The summed E-state index contributed by atoms with van der Waals surface area (Å²) >= 11 is 6.21. The third-order valence-electron chi connectivity index (χ3n) is 6.23. The van der Waals surface area contributed by atoms with Crippen molar-refractivity contribution in [3.63, 3.8) is 0 Å². The molecule has 2 aromatic rings. The molecule has 2 fully saturated rings. The number of halogens is 2. The van der Waals surface area contributed by atoms with Gasteiger partial charge in [0.2, 0.25) is 0 Å². The minimum atomic E-state index is -0.197. The molecule has 28 heavy (non-hydrogen) atoms. The van der Waals surface area contributed by atoms with E-state index in [4.69, 9.17) is 22.1 Å². The maximum Gasteiger partial charge on any atom is 0.410 e. The van der Waals surface area contributed by atoms with E-state index < -0.39 is 0 Å². The zero-order valence-corrected chi connectivity index (χ0v) is 17.3. The standard InChI is InChI=1S/C22H25ClN2O2.ClH/c23-18-8-4-7-17(13-18)22(15-24)11-9-19(10-12-22)25-20(14-27-21(25)26)16-5-2-1-3-6-16;/h1-8,13,19-20H,9-12,14-15,24H2;1H/t19-,20-,22-;/m1./s1. The van der Waals surface area contributed by atoms with Gasteiger partial charge < -0.3 is 10.5 Å². The topological polar surface area (TPSA) is 55.6 Å². The molecule has 0 spiro atoms. The maximum atomic E-state index is 12.5. The van der Waals surface area contributed by atoms with Crippen molar-refractivity contribution in [3.8, 4) is 0 Å². The first kappa shape index (κ1) is 21.0. The van der Waals surface area contributed by atoms with Crippen LogP contribution in [-0.4, -0.2) is 30.2 Å². The molecule has 1 saturated carbocycles. The molecule has 1 atom stereocenters. The number of benzene rings is 2. The summed E-state index contributed by atoms with van der Waals surface area (Å²) in [5, 5.41) is 0.745. The van der Waals surface area contributed by atoms with Gasteiger partial charge in [-0.15, -0.1) is 12.4 Å². The van der Waals surface area contributed by atoms with E-state index in [1.807, 2.05) is 41.3 Å². The fraction of sp³-hybridized carbons (Fsp3) is 0.409. The molecule has 150 valence electrons. The quantitative estimate of drug-likeness (QED) is 0.748. The van der Waals surface area contributed by atoms with Crippen LogP contribution in [0.4, 0.5) is 4.79 Å². The number of ether oxygens (including phenoxy) is 1. The van der Waals surface area contributed by atoms with Gasteiger partial charge in [-0.25, -0.2) is 4.79 Å². The molecule has 2 N–H and O–H groups in total. The van der Waals surface area contributed by atoms with Crippen LogP contribution < -0.4 is 5.73 Å². The summed E-state index contributed by atoms with van der Waals surface area (Å²) in [4.78, 5) is 14.4. The smallest absolute Gasteiger partial charge is 0.410 e. The highest BCUT2D eigenvalue weighted by atomic mass is 35.5. The van der Waals surface area contributed by atoms with E-state index in [1.54, 1.807) is 0 Å². The van der Waals surface area contributed by atoms with E-state index in [1.165, 1.54) is 5.56 Å². The summed E-state index contributed by atoms with van der Waals surface area (Å²) < 4.78 is 5.41. The number of nitrogens with zero attached hydrogens (tertiary/aromatic N) is 1. The molecule has 1 aliphatic heterocycles. The van der Waals surface area contributed by atoms with E-state index in [0.29, 0.717) is 13.2 Å². The average molecular weight is 421 g/mol. The summed E-state index contributed by atoms with van der Waals surface area (Å²) in [6, 6.07) is 18.4. The molecule has 4 nitrogen and oxygen atoms in total. The number of rotatable bonds is 4. The molecule has 6 heteroatoms. The van der Waals surface area contributed by atoms with Crippen LogP contribution in [0.25, 0.3) is 0 Å². The highest BCUT2D eigenvalue weighted by Crippen LogP contribution is 2.43. The van der Waals surface area contributed by atoms with Crippen molar-refractivity contribution in [2.75, 3.05) is 13.2 Å². The second-order valence-corrected chi connectivity index (χ2v) is 8.07. The first-order valence-electron chi connectivity index (χ1n) is 9.59. The third-order valence-corrected chi connectivity index (χ3v) is 6.46. The highest BCUT2D eigenvalue weighted by molar-refractivity contribution is 6.30. The molecular weight excluding hydrogens is 395 g/mol. The van der Waals surface area contributed by atoms with Crippen LogP contribution in [-0.2, 0) is 10.2 Å². The minimum Gasteiger partial charge on any atom is -0.447 e. The largest absolute Gasteiger partial charge is 0.447 e. The SMILES string of the molecule is Cl.NC[C@]1(c2cccc(Cl)c2)CC[C@H](N2C(=O)OC[C@@H]2c2ccccc2)CC1. The van der Waals surface area contributed by atoms with Crippen molar-refractivity contribution in [1.82, 2.24) is 4.90 Å². The second-order valence-electron chi connectivity index (χ2n) is 7.64. The average Bonchev–Trinajstić information content (AvgIpc) is 3.10. The van der Waals surface area contributed by atoms with Gasteiger partial charge in [0.25, 0.3) is 0 Å². The molecule has 2 aliphatic rings. The summed E-state index contributed by atoms with van der Waals surface area (Å²) in [6.07, 6.45) is 3.53. The van der Waals surface area contributed by atoms with Crippen LogP contribution in [0.1, 0.15) is 42.9 Å². The lowest BCUT2D eigenvalue weighted by Crippen LogP contribution is -2.46. The summed E-state index contributed by atoms with van der Waals surface area (Å²) in [5.74, 6) is 0. The van der Waals surface area contributed by atoms with Gasteiger partial charge in [0.1, 0.15) is 6.61 Å². The van der Waals surface area contributed by atoms with E-state index in [0.717, 1.165) is 36.3 Å². The normalized spacial score (nSPS) is 27.2. The Morgan fingerprint density at radius 2 is 1.82 bits per heavy atom. The Bertz CT molecular complexity index is 807. The molecule has 0 radical (unpaired) electrons. The summed E-state index contributed by atoms with van der Waals surface area (Å²) in [5.41, 5.74) is 8.50. The van der Waals surface area contributed by atoms with Gasteiger partial charge in [-0.1, -0.05) is 54.1 Å². The minimum absolute atomic E-state index is 0. The maximum absolute atomic E-state index is 12.5. The van der Waals surface area contributed by atoms with Gasteiger partial charge in [-0.2, -0.15) is 0 Å². The molecule has 0 unspecified atom stereocenters. The molecule has 4 rings (SSSR count). The Kier molecular flexibility index (Phi) is 6.54. The lowest BCUT2D eigenvalue weighted by molar-refractivity contribution is 0.117. The van der Waals surface area contributed by atoms with Crippen LogP contribution in [0.5, 0.6) is 0 Å². The van der Waals surface area contributed by atoms with Gasteiger partial charge in [-0.3, -0.25) is 4.90 Å². The molecule has 2 aromatic carbocycles. The third kappa shape index (κ3) is 3.86. The monoisotopic (exact) mass is 420 g/mol. The van der Waals surface area contributed by atoms with Crippen molar-refractivity contribution in [3.05, 3.63) is 70.7 Å². The van der Waals surface area contributed by atoms with E-state index in [9.17, 15) is 4.79 Å². The van der Waals surface area contributed by atoms with E-state index in [2.05, 4.69) is 18.2 Å². The van der Waals surface area contributed by atoms with E-state index >= 15 is 0 Å². The number of cyclic esters (lactones) is 1. The Hall–Kier alpha value is -1.75. The predicted molar refractivity (Wildman–Crippen MR) is 114 cm³/mol. The molecule has 0 aromatic heterocycles. The zero-order chi connectivity index (χ0) is 18.9. The Morgan fingerprint density at radius 1 is 1.11 bits per heavy atom. The number of carbonyl (C=O) groups is 1. The van der Waals surface area contributed by atoms with Crippen LogP contribution in [0.3, 0.4) is 0 Å². The van der Waals surface area contributed by atoms with Crippen LogP contribution in [0.15, 0.2) is 54.6 Å². The molecule has 1 aliphatic carbocycles. The van der Waals surface area contributed by atoms with Crippen molar-refractivity contribution >= 4 is 30.1 Å². The number of nitrogens with two attached hydrogens (primary N) is 1. The van der Waals surface area contributed by atoms with E-state index in [-0.39, 0.29) is 36.0 Å². The fourth-order valence-electron chi connectivity index (χ4n) is 4.63. The number of hydrogen-bond acceptors (Lipinski definition) is 3. The summed E-state index contributed by atoms with van der Waals surface area (Å²) in [7, 11) is 0. The number of amides is 1. The van der Waals surface area contributed by atoms with Gasteiger partial charge in [0.05, 0.1) is 6.04 Å². The van der Waals surface area contributed by atoms with Gasteiger partial charge in [0, 0.05) is 23.0 Å². The second kappa shape index (κ2) is 8.73. The van der Waals surface area contributed by atoms with Crippen LogP contribution in [0.2, 0.25) is 5.02 Å². The van der Waals surface area contributed by atoms with Crippen molar-refractivity contribution in [2.45, 2.75) is 43.2 Å². The lowest BCUT2D eigenvalue weighted by Gasteiger charge is -2.43. The first-order chi connectivity index (χ1) is 13.1. The fourth-order valence-corrected chi connectivity index (χ4v) is 4.82. The Balaban J connectivity index is 0.00000225. The van der Waals surface area contributed by atoms with Gasteiger partial charge >= 0.3 is 6.09 Å². The lowest BCUT2D eigenvalue weighted by atomic mass is 9.68. The summed E-state index contributed by atoms with van der Waals surface area (Å²) in [6.45, 7) is 1.02. The van der Waals surface area contributed by atoms with Crippen molar-refractivity contribution in [1.29, 1.82) is 0 Å².